The molecule has 1 heterocycles. The zero-order valence-electron chi connectivity index (χ0n) is 12.7. The van der Waals surface area contributed by atoms with E-state index in [1.165, 1.54) is 12.1 Å². The number of aromatic amines is 1. The summed E-state index contributed by atoms with van der Waals surface area (Å²) in [6.45, 7) is 0.449. The second-order valence-corrected chi connectivity index (χ2v) is 6.32. The predicted octanol–water partition coefficient (Wildman–Crippen LogP) is 4.52. The zero-order chi connectivity index (χ0) is 17.1. The quantitative estimate of drug-likeness (QED) is 0.686. The highest BCUT2D eigenvalue weighted by atomic mass is 35.5. The van der Waals surface area contributed by atoms with Gasteiger partial charge < -0.3 is 10.3 Å². The fourth-order valence-electron chi connectivity index (χ4n) is 2.62. The van der Waals surface area contributed by atoms with Gasteiger partial charge in [0.15, 0.2) is 0 Å². The van der Waals surface area contributed by atoms with Gasteiger partial charge in [0, 0.05) is 39.3 Å². The minimum absolute atomic E-state index is 0.0782. The average molecular weight is 365 g/mol. The van der Waals surface area contributed by atoms with E-state index in [4.69, 9.17) is 23.2 Å². The van der Waals surface area contributed by atoms with Gasteiger partial charge in [-0.25, -0.2) is 4.39 Å². The van der Waals surface area contributed by atoms with Gasteiger partial charge >= 0.3 is 0 Å². The molecule has 0 spiro atoms. The van der Waals surface area contributed by atoms with Crippen molar-refractivity contribution in [1.82, 2.24) is 10.3 Å². The number of benzene rings is 2. The number of fused-ring (bicyclic) bond motifs is 1. The SMILES string of the molecule is O=C(Cc1c(F)cccc1Cl)NCCc1c[nH]c2ccc(Cl)cc12. The maximum Gasteiger partial charge on any atom is 0.224 e. The lowest BCUT2D eigenvalue weighted by molar-refractivity contribution is -0.120. The number of carbonyl (C=O) groups is 1. The van der Waals surface area contributed by atoms with Crippen molar-refractivity contribution in [3.05, 3.63) is 69.6 Å². The Morgan fingerprint density at radius 1 is 1.21 bits per heavy atom. The molecule has 0 unspecified atom stereocenters. The van der Waals surface area contributed by atoms with Gasteiger partial charge in [0.25, 0.3) is 0 Å². The van der Waals surface area contributed by atoms with E-state index in [1.54, 1.807) is 6.07 Å². The number of hydrogen-bond donors (Lipinski definition) is 2. The van der Waals surface area contributed by atoms with Crippen LogP contribution >= 0.6 is 23.2 Å². The normalized spacial score (nSPS) is 11.0. The van der Waals surface area contributed by atoms with E-state index in [-0.39, 0.29) is 22.9 Å². The summed E-state index contributed by atoms with van der Waals surface area (Å²) in [6.07, 6.45) is 2.48. The average Bonchev–Trinajstić information content (AvgIpc) is 2.93. The van der Waals surface area contributed by atoms with Gasteiger partial charge in [-0.3, -0.25) is 4.79 Å². The molecule has 1 amide bonds. The summed E-state index contributed by atoms with van der Waals surface area (Å²) in [7, 11) is 0. The molecule has 24 heavy (non-hydrogen) atoms. The largest absolute Gasteiger partial charge is 0.361 e. The Morgan fingerprint density at radius 2 is 2.04 bits per heavy atom. The lowest BCUT2D eigenvalue weighted by atomic mass is 10.1. The molecule has 3 rings (SSSR count). The molecular weight excluding hydrogens is 350 g/mol. The summed E-state index contributed by atoms with van der Waals surface area (Å²) in [5.41, 5.74) is 2.28. The summed E-state index contributed by atoms with van der Waals surface area (Å²) >= 11 is 12.0. The molecule has 2 aromatic carbocycles. The van der Waals surface area contributed by atoms with Gasteiger partial charge in [0.2, 0.25) is 5.91 Å². The Bertz CT molecular complexity index is 872. The van der Waals surface area contributed by atoms with Gasteiger partial charge in [-0.15, -0.1) is 0 Å². The summed E-state index contributed by atoms with van der Waals surface area (Å²) in [4.78, 5) is 15.2. The van der Waals surface area contributed by atoms with Crippen LogP contribution in [0.1, 0.15) is 11.1 Å². The molecule has 0 aliphatic carbocycles. The van der Waals surface area contributed by atoms with Crippen LogP contribution < -0.4 is 5.32 Å². The van der Waals surface area contributed by atoms with Gasteiger partial charge in [-0.2, -0.15) is 0 Å². The molecule has 0 atom stereocenters. The Morgan fingerprint density at radius 3 is 2.83 bits per heavy atom. The first-order valence-electron chi connectivity index (χ1n) is 7.49. The molecule has 0 aliphatic rings. The number of nitrogens with one attached hydrogen (secondary N) is 2. The summed E-state index contributed by atoms with van der Waals surface area (Å²) in [6, 6.07) is 10.0. The van der Waals surface area contributed by atoms with Crippen molar-refractivity contribution >= 4 is 40.0 Å². The van der Waals surface area contributed by atoms with Crippen molar-refractivity contribution in [2.24, 2.45) is 0 Å². The maximum atomic E-state index is 13.7. The second kappa shape index (κ2) is 7.24. The summed E-state index contributed by atoms with van der Waals surface area (Å²) in [5.74, 6) is -0.733. The first kappa shape index (κ1) is 16.8. The van der Waals surface area contributed by atoms with Crippen LogP contribution in [0.2, 0.25) is 10.0 Å². The minimum Gasteiger partial charge on any atom is -0.361 e. The van der Waals surface area contributed by atoms with Crippen LogP contribution in [-0.4, -0.2) is 17.4 Å². The molecule has 0 bridgehead atoms. The van der Waals surface area contributed by atoms with E-state index in [0.29, 0.717) is 18.0 Å². The smallest absolute Gasteiger partial charge is 0.224 e. The third-order valence-corrected chi connectivity index (χ3v) is 4.43. The number of hydrogen-bond acceptors (Lipinski definition) is 1. The molecule has 1 aromatic heterocycles. The van der Waals surface area contributed by atoms with E-state index in [2.05, 4.69) is 10.3 Å². The Balaban J connectivity index is 1.59. The van der Waals surface area contributed by atoms with Crippen molar-refractivity contribution in [2.45, 2.75) is 12.8 Å². The second-order valence-electron chi connectivity index (χ2n) is 5.48. The number of carbonyl (C=O) groups excluding carboxylic acids is 1. The number of H-pyrrole nitrogens is 1. The minimum atomic E-state index is -0.469. The van der Waals surface area contributed by atoms with Crippen molar-refractivity contribution < 1.29 is 9.18 Å². The molecule has 3 nitrogen and oxygen atoms in total. The molecule has 2 N–H and O–H groups in total. The number of amides is 1. The van der Waals surface area contributed by atoms with Gasteiger partial charge in [-0.1, -0.05) is 29.3 Å². The van der Waals surface area contributed by atoms with Gasteiger partial charge in [0.1, 0.15) is 5.82 Å². The van der Waals surface area contributed by atoms with Crippen LogP contribution in [0.4, 0.5) is 4.39 Å². The molecule has 0 saturated heterocycles. The predicted molar refractivity (Wildman–Crippen MR) is 95.1 cm³/mol. The number of rotatable bonds is 5. The van der Waals surface area contributed by atoms with Crippen LogP contribution in [0.3, 0.4) is 0 Å². The molecule has 124 valence electrons. The fourth-order valence-corrected chi connectivity index (χ4v) is 3.02. The fraction of sp³-hybridized carbons (Fsp3) is 0.167. The van der Waals surface area contributed by atoms with E-state index in [1.807, 2.05) is 24.4 Å². The maximum absolute atomic E-state index is 13.7. The highest BCUT2D eigenvalue weighted by Crippen LogP contribution is 2.22. The topological polar surface area (TPSA) is 44.9 Å². The summed E-state index contributed by atoms with van der Waals surface area (Å²) in [5, 5.41) is 4.76. The van der Waals surface area contributed by atoms with Crippen LogP contribution in [0.25, 0.3) is 10.9 Å². The Kier molecular flexibility index (Phi) is 5.07. The van der Waals surface area contributed by atoms with E-state index >= 15 is 0 Å². The monoisotopic (exact) mass is 364 g/mol. The lowest BCUT2D eigenvalue weighted by Gasteiger charge is -2.07. The van der Waals surface area contributed by atoms with Gasteiger partial charge in [0.05, 0.1) is 6.42 Å². The van der Waals surface area contributed by atoms with E-state index in [0.717, 1.165) is 16.5 Å². The third kappa shape index (κ3) is 3.71. The standard InChI is InChI=1S/C18H15Cl2FN2O/c19-12-4-5-17-13(8-12)11(10-23-17)6-7-22-18(24)9-14-15(20)2-1-3-16(14)21/h1-5,8,10,23H,6-7,9H2,(H,22,24). The molecule has 0 radical (unpaired) electrons. The molecular formula is C18H15Cl2FN2O. The van der Waals surface area contributed by atoms with Crippen molar-refractivity contribution in [2.75, 3.05) is 6.54 Å². The van der Waals surface area contributed by atoms with Crippen molar-refractivity contribution in [3.63, 3.8) is 0 Å². The van der Waals surface area contributed by atoms with Gasteiger partial charge in [-0.05, 0) is 42.3 Å². The number of halogens is 3. The first-order chi connectivity index (χ1) is 11.5. The van der Waals surface area contributed by atoms with Crippen molar-refractivity contribution in [3.8, 4) is 0 Å². The molecule has 0 fully saturated rings. The molecule has 6 heteroatoms. The molecule has 3 aromatic rings. The Hall–Kier alpha value is -2.04. The lowest BCUT2D eigenvalue weighted by Crippen LogP contribution is -2.27. The van der Waals surface area contributed by atoms with Crippen LogP contribution in [0.15, 0.2) is 42.6 Å². The first-order valence-corrected chi connectivity index (χ1v) is 8.25. The summed E-state index contributed by atoms with van der Waals surface area (Å²) < 4.78 is 13.7. The zero-order valence-corrected chi connectivity index (χ0v) is 14.2. The highest BCUT2D eigenvalue weighted by Gasteiger charge is 2.12. The van der Waals surface area contributed by atoms with Crippen molar-refractivity contribution in [1.29, 1.82) is 0 Å². The highest BCUT2D eigenvalue weighted by molar-refractivity contribution is 6.31. The van der Waals surface area contributed by atoms with Crippen LogP contribution in [-0.2, 0) is 17.6 Å². The van der Waals surface area contributed by atoms with E-state index < -0.39 is 5.82 Å². The Labute approximate surface area is 148 Å². The van der Waals surface area contributed by atoms with Crippen LogP contribution in [0, 0.1) is 5.82 Å². The number of aromatic nitrogens is 1. The molecule has 0 saturated carbocycles. The third-order valence-electron chi connectivity index (χ3n) is 3.84. The molecule has 0 aliphatic heterocycles. The van der Waals surface area contributed by atoms with Crippen LogP contribution in [0.5, 0.6) is 0 Å². The van der Waals surface area contributed by atoms with E-state index in [9.17, 15) is 9.18 Å².